The van der Waals surface area contributed by atoms with Crippen LogP contribution in [-0.4, -0.2) is 71.2 Å². The molecule has 7 heteroatoms. The lowest BCUT2D eigenvalue weighted by molar-refractivity contribution is 0.0157. The van der Waals surface area contributed by atoms with Crippen molar-refractivity contribution in [2.75, 3.05) is 46.4 Å². The van der Waals surface area contributed by atoms with Crippen LogP contribution in [0.15, 0.2) is 23.0 Å². The van der Waals surface area contributed by atoms with E-state index in [9.17, 15) is 0 Å². The van der Waals surface area contributed by atoms with Crippen molar-refractivity contribution in [2.24, 2.45) is 12.5 Å². The van der Waals surface area contributed by atoms with Crippen LogP contribution in [0.4, 0.5) is 0 Å². The Kier molecular flexibility index (Phi) is 5.56. The van der Waals surface area contributed by atoms with E-state index < -0.39 is 0 Å². The minimum atomic E-state index is 0.207. The minimum absolute atomic E-state index is 0.207. The van der Waals surface area contributed by atoms with E-state index in [1.165, 1.54) is 0 Å². The van der Waals surface area contributed by atoms with Gasteiger partial charge in [0.15, 0.2) is 5.76 Å². The second kappa shape index (κ2) is 7.68. The van der Waals surface area contributed by atoms with E-state index in [1.54, 1.807) is 10.9 Å². The average molecular weight is 347 g/mol. The predicted octanol–water partition coefficient (Wildman–Crippen LogP) is 1.87. The van der Waals surface area contributed by atoms with Gasteiger partial charge in [-0.2, -0.15) is 5.10 Å². The van der Waals surface area contributed by atoms with Gasteiger partial charge in [0.05, 0.1) is 26.0 Å². The van der Waals surface area contributed by atoms with Gasteiger partial charge in [0.1, 0.15) is 5.69 Å². The third kappa shape index (κ3) is 5.14. The van der Waals surface area contributed by atoms with Crippen molar-refractivity contribution in [1.29, 1.82) is 0 Å². The predicted molar refractivity (Wildman–Crippen MR) is 96.1 cm³/mol. The number of aryl methyl sites for hydroxylation is 1. The van der Waals surface area contributed by atoms with E-state index in [-0.39, 0.29) is 5.41 Å². The number of hydrogen-bond donors (Lipinski definition) is 0. The van der Waals surface area contributed by atoms with Crippen LogP contribution in [0, 0.1) is 5.41 Å². The third-order valence-corrected chi connectivity index (χ3v) is 4.44. The quantitative estimate of drug-likeness (QED) is 0.762. The van der Waals surface area contributed by atoms with Gasteiger partial charge in [0.25, 0.3) is 0 Å². The van der Waals surface area contributed by atoms with Crippen LogP contribution in [0.25, 0.3) is 11.3 Å². The Balaban J connectivity index is 1.53. The summed E-state index contributed by atoms with van der Waals surface area (Å²) in [5.74, 6) is 0.878. The molecule has 2 aromatic heterocycles. The first-order chi connectivity index (χ1) is 11.9. The molecule has 0 aliphatic carbocycles. The second-order valence-corrected chi connectivity index (χ2v) is 7.81. The summed E-state index contributed by atoms with van der Waals surface area (Å²) in [6.07, 6.45) is 3.74. The highest BCUT2D eigenvalue weighted by molar-refractivity contribution is 5.56. The number of nitrogens with zero attached hydrogens (tertiary/aromatic N) is 5. The summed E-state index contributed by atoms with van der Waals surface area (Å²) in [5.41, 5.74) is 2.02. The molecule has 7 nitrogen and oxygen atoms in total. The van der Waals surface area contributed by atoms with Gasteiger partial charge in [-0.1, -0.05) is 19.0 Å². The van der Waals surface area contributed by atoms with Gasteiger partial charge in [-0.15, -0.1) is 0 Å². The number of aromatic nitrogens is 3. The highest BCUT2D eigenvalue weighted by Crippen LogP contribution is 2.22. The van der Waals surface area contributed by atoms with Gasteiger partial charge in [-0.3, -0.25) is 14.5 Å². The molecule has 1 aliphatic rings. The third-order valence-electron chi connectivity index (χ3n) is 4.44. The van der Waals surface area contributed by atoms with Crippen LogP contribution < -0.4 is 0 Å². The first-order valence-corrected chi connectivity index (χ1v) is 8.84. The van der Waals surface area contributed by atoms with E-state index in [2.05, 4.69) is 41.0 Å². The lowest BCUT2D eigenvalue weighted by Crippen LogP contribution is -2.45. The molecule has 2 aromatic rings. The molecule has 0 bridgehead atoms. The largest absolute Gasteiger partial charge is 0.379 e. The second-order valence-electron chi connectivity index (χ2n) is 7.81. The van der Waals surface area contributed by atoms with Crippen molar-refractivity contribution >= 4 is 0 Å². The van der Waals surface area contributed by atoms with Crippen molar-refractivity contribution in [2.45, 2.75) is 20.4 Å². The molecule has 3 rings (SSSR count). The molecule has 0 amide bonds. The molecule has 1 saturated heterocycles. The van der Waals surface area contributed by atoms with Crippen LogP contribution in [0.3, 0.4) is 0 Å². The van der Waals surface area contributed by atoms with Crippen LogP contribution in [0.5, 0.6) is 0 Å². The number of rotatable bonds is 7. The molecule has 0 N–H and O–H groups in total. The van der Waals surface area contributed by atoms with Gasteiger partial charge < -0.3 is 9.26 Å². The lowest BCUT2D eigenvalue weighted by atomic mass is 9.91. The Hall–Kier alpha value is -1.70. The summed E-state index contributed by atoms with van der Waals surface area (Å²) >= 11 is 0. The Bertz CT molecular complexity index is 673. The smallest absolute Gasteiger partial charge is 0.151 e. The highest BCUT2D eigenvalue weighted by atomic mass is 16.5. The van der Waals surface area contributed by atoms with Gasteiger partial charge in [-0.25, -0.2) is 0 Å². The number of hydrogen-bond acceptors (Lipinski definition) is 6. The van der Waals surface area contributed by atoms with Crippen LogP contribution in [0.2, 0.25) is 0 Å². The topological polar surface area (TPSA) is 59.6 Å². The molecule has 138 valence electrons. The minimum Gasteiger partial charge on any atom is -0.379 e. The summed E-state index contributed by atoms with van der Waals surface area (Å²) in [5, 5.41) is 8.34. The Morgan fingerprint density at radius 2 is 2.04 bits per heavy atom. The summed E-state index contributed by atoms with van der Waals surface area (Å²) in [7, 11) is 4.03. The maximum Gasteiger partial charge on any atom is 0.151 e. The van der Waals surface area contributed by atoms with Gasteiger partial charge in [0.2, 0.25) is 0 Å². The molecular weight excluding hydrogens is 318 g/mol. The SMILES string of the molecule is CN(Cc1cc(-c2cnn(C)c2)no1)CC(C)(C)CN1CCOCC1. The molecule has 0 atom stereocenters. The fraction of sp³-hybridized carbons (Fsp3) is 0.667. The zero-order valence-corrected chi connectivity index (χ0v) is 15.7. The zero-order valence-electron chi connectivity index (χ0n) is 15.7. The fourth-order valence-corrected chi connectivity index (χ4v) is 3.54. The molecule has 3 heterocycles. The normalized spacial score (nSPS) is 16.7. The molecule has 1 aliphatic heterocycles. The van der Waals surface area contributed by atoms with E-state index in [1.807, 2.05) is 19.3 Å². The van der Waals surface area contributed by atoms with E-state index in [0.29, 0.717) is 0 Å². The Labute approximate surface area is 149 Å². The number of morpholine rings is 1. The molecular formula is C18H29N5O2. The van der Waals surface area contributed by atoms with Crippen molar-refractivity contribution < 1.29 is 9.26 Å². The first-order valence-electron chi connectivity index (χ1n) is 8.84. The van der Waals surface area contributed by atoms with Crippen LogP contribution >= 0.6 is 0 Å². The molecule has 0 saturated carbocycles. The standard InChI is InChI=1S/C18H29N5O2/c1-18(2,14-23-5-7-24-8-6-23)13-21(3)12-16-9-17(20-25-16)15-10-19-22(4)11-15/h9-11H,5-8,12-14H2,1-4H3. The average Bonchev–Trinajstić information content (AvgIpc) is 3.16. The van der Waals surface area contributed by atoms with E-state index >= 15 is 0 Å². The van der Waals surface area contributed by atoms with Crippen molar-refractivity contribution in [3.05, 3.63) is 24.2 Å². The summed E-state index contributed by atoms with van der Waals surface area (Å²) in [6.45, 7) is 11.2. The van der Waals surface area contributed by atoms with Crippen molar-refractivity contribution in [3.8, 4) is 11.3 Å². The zero-order chi connectivity index (χ0) is 17.9. The van der Waals surface area contributed by atoms with Gasteiger partial charge in [0, 0.05) is 51.1 Å². The summed E-state index contributed by atoms with van der Waals surface area (Å²) in [6, 6.07) is 2.00. The monoisotopic (exact) mass is 347 g/mol. The molecule has 0 aromatic carbocycles. The molecule has 0 unspecified atom stereocenters. The lowest BCUT2D eigenvalue weighted by Gasteiger charge is -2.36. The molecule has 25 heavy (non-hydrogen) atoms. The maximum absolute atomic E-state index is 5.51. The Morgan fingerprint density at radius 3 is 2.72 bits per heavy atom. The number of ether oxygens (including phenoxy) is 1. The van der Waals surface area contributed by atoms with Crippen molar-refractivity contribution in [3.63, 3.8) is 0 Å². The maximum atomic E-state index is 5.51. The van der Waals surface area contributed by atoms with E-state index in [0.717, 1.165) is 63.0 Å². The summed E-state index contributed by atoms with van der Waals surface area (Å²) < 4.78 is 12.7. The van der Waals surface area contributed by atoms with Gasteiger partial charge in [-0.05, 0) is 12.5 Å². The van der Waals surface area contributed by atoms with Crippen LogP contribution in [-0.2, 0) is 18.3 Å². The summed E-state index contributed by atoms with van der Waals surface area (Å²) in [4.78, 5) is 4.79. The first kappa shape index (κ1) is 18.1. The van der Waals surface area contributed by atoms with Gasteiger partial charge >= 0.3 is 0 Å². The van der Waals surface area contributed by atoms with E-state index in [4.69, 9.17) is 9.26 Å². The Morgan fingerprint density at radius 1 is 1.28 bits per heavy atom. The van der Waals surface area contributed by atoms with Crippen molar-refractivity contribution in [1.82, 2.24) is 24.7 Å². The van der Waals surface area contributed by atoms with Crippen LogP contribution in [0.1, 0.15) is 19.6 Å². The molecule has 0 radical (unpaired) electrons. The fourth-order valence-electron chi connectivity index (χ4n) is 3.54. The molecule has 1 fully saturated rings. The highest BCUT2D eigenvalue weighted by Gasteiger charge is 2.25. The molecule has 0 spiro atoms.